The quantitative estimate of drug-likeness (QED) is 0.721. The van der Waals surface area contributed by atoms with Gasteiger partial charge in [-0.3, -0.25) is 4.79 Å². The molecule has 1 fully saturated rings. The summed E-state index contributed by atoms with van der Waals surface area (Å²) in [6, 6.07) is 10.0. The number of thiophene rings is 1. The first kappa shape index (κ1) is 19.4. The molecular weight excluding hydrogens is 388 g/mol. The predicted molar refractivity (Wildman–Crippen MR) is 107 cm³/mol. The van der Waals surface area contributed by atoms with Crippen LogP contribution >= 0.6 is 23.1 Å². The van der Waals surface area contributed by atoms with Gasteiger partial charge in [-0.1, -0.05) is 18.9 Å². The van der Waals surface area contributed by atoms with E-state index < -0.39 is 16.1 Å². The van der Waals surface area contributed by atoms with Crippen molar-refractivity contribution in [1.82, 2.24) is 4.72 Å². The number of nitrogens with one attached hydrogen (secondary N) is 2. The van der Waals surface area contributed by atoms with Crippen molar-refractivity contribution in [3.63, 3.8) is 0 Å². The van der Waals surface area contributed by atoms with Gasteiger partial charge >= 0.3 is 0 Å². The maximum Gasteiger partial charge on any atom is 0.250 e. The molecule has 1 aliphatic carbocycles. The van der Waals surface area contributed by atoms with Crippen LogP contribution in [-0.4, -0.2) is 25.6 Å². The molecule has 8 heteroatoms. The third kappa shape index (κ3) is 5.09. The van der Waals surface area contributed by atoms with Crippen LogP contribution in [0.5, 0.6) is 0 Å². The lowest BCUT2D eigenvalue weighted by atomic mass is 10.3. The zero-order valence-electron chi connectivity index (χ0n) is 14.5. The Hall–Kier alpha value is -1.35. The minimum absolute atomic E-state index is 0.199. The summed E-state index contributed by atoms with van der Waals surface area (Å²) in [6.45, 7) is 1.53. The number of amides is 1. The molecule has 0 spiro atoms. The van der Waals surface area contributed by atoms with Gasteiger partial charge in [-0.25, -0.2) is 8.42 Å². The fourth-order valence-corrected chi connectivity index (χ4v) is 6.29. The number of sulfonamides is 1. The Kier molecular flexibility index (Phi) is 6.39. The molecule has 1 amide bonds. The SMILES string of the molecule is CC(NS(=O)(=O)c1cccs1)C(=O)Nc1ccc(SC2CCCC2)cc1. The normalized spacial score (nSPS) is 16.5. The molecule has 0 bridgehead atoms. The van der Waals surface area contributed by atoms with E-state index in [1.165, 1.54) is 43.6 Å². The number of benzene rings is 1. The molecule has 1 unspecified atom stereocenters. The first-order valence-electron chi connectivity index (χ1n) is 8.57. The first-order valence-corrected chi connectivity index (χ1v) is 11.8. The Bertz CT molecular complexity index is 827. The standard InChI is InChI=1S/C18H22N2O3S3/c1-13(20-26(22,23)17-7-4-12-24-17)18(21)19-14-8-10-16(11-9-14)25-15-5-2-3-6-15/h4,7-13,15,20H,2-3,5-6H2,1H3,(H,19,21). The summed E-state index contributed by atoms with van der Waals surface area (Å²) in [6.07, 6.45) is 5.16. The number of hydrogen-bond acceptors (Lipinski definition) is 5. The van der Waals surface area contributed by atoms with E-state index in [1.807, 2.05) is 36.0 Å². The lowest BCUT2D eigenvalue weighted by molar-refractivity contribution is -0.117. The van der Waals surface area contributed by atoms with Crippen molar-refractivity contribution < 1.29 is 13.2 Å². The molecular formula is C18H22N2O3S3. The van der Waals surface area contributed by atoms with Gasteiger partial charge in [0.1, 0.15) is 4.21 Å². The molecule has 140 valence electrons. The van der Waals surface area contributed by atoms with Gasteiger partial charge in [0.25, 0.3) is 10.0 Å². The minimum Gasteiger partial charge on any atom is -0.325 e. The average molecular weight is 411 g/mol. The molecule has 2 aromatic rings. The van der Waals surface area contributed by atoms with Crippen molar-refractivity contribution in [2.75, 3.05) is 5.32 Å². The Labute approximate surface area is 162 Å². The van der Waals surface area contributed by atoms with Crippen LogP contribution in [0.15, 0.2) is 50.9 Å². The van der Waals surface area contributed by atoms with Crippen molar-refractivity contribution in [1.29, 1.82) is 0 Å². The summed E-state index contributed by atoms with van der Waals surface area (Å²) >= 11 is 3.01. The van der Waals surface area contributed by atoms with Gasteiger partial charge in [0.15, 0.2) is 0 Å². The summed E-state index contributed by atoms with van der Waals surface area (Å²) in [5, 5.41) is 5.14. The van der Waals surface area contributed by atoms with Crippen LogP contribution in [0.1, 0.15) is 32.6 Å². The molecule has 0 radical (unpaired) electrons. The Balaban J connectivity index is 1.55. The molecule has 1 aliphatic rings. The Morgan fingerprint density at radius 1 is 1.19 bits per heavy atom. The second kappa shape index (κ2) is 8.56. The number of anilines is 1. The van der Waals surface area contributed by atoms with Crippen molar-refractivity contribution in [2.45, 2.75) is 53.0 Å². The summed E-state index contributed by atoms with van der Waals surface area (Å²) in [7, 11) is -3.67. The number of rotatable bonds is 7. The molecule has 1 heterocycles. The minimum atomic E-state index is -3.67. The van der Waals surface area contributed by atoms with Gasteiger partial charge in [0.05, 0.1) is 6.04 Å². The Morgan fingerprint density at radius 2 is 1.88 bits per heavy atom. The van der Waals surface area contributed by atoms with Crippen molar-refractivity contribution >= 4 is 44.7 Å². The lowest BCUT2D eigenvalue weighted by Crippen LogP contribution is -2.41. The molecule has 2 N–H and O–H groups in total. The van der Waals surface area contributed by atoms with Crippen molar-refractivity contribution in [3.05, 3.63) is 41.8 Å². The van der Waals surface area contributed by atoms with E-state index in [2.05, 4.69) is 10.0 Å². The monoisotopic (exact) mass is 410 g/mol. The summed E-state index contributed by atoms with van der Waals surface area (Å²) in [5.41, 5.74) is 0.660. The van der Waals surface area contributed by atoms with E-state index in [1.54, 1.807) is 11.4 Å². The highest BCUT2D eigenvalue weighted by Gasteiger charge is 2.23. The molecule has 1 atom stereocenters. The number of thioether (sulfide) groups is 1. The van der Waals surface area contributed by atoms with Crippen LogP contribution < -0.4 is 10.0 Å². The topological polar surface area (TPSA) is 75.3 Å². The maximum atomic E-state index is 12.3. The third-order valence-electron chi connectivity index (χ3n) is 4.21. The molecule has 5 nitrogen and oxygen atoms in total. The molecule has 3 rings (SSSR count). The fraction of sp³-hybridized carbons (Fsp3) is 0.389. The highest BCUT2D eigenvalue weighted by Crippen LogP contribution is 2.34. The maximum absolute atomic E-state index is 12.3. The molecule has 1 aromatic heterocycles. The molecule has 0 aliphatic heterocycles. The highest BCUT2D eigenvalue weighted by molar-refractivity contribution is 8.00. The average Bonchev–Trinajstić information content (AvgIpc) is 3.29. The van der Waals surface area contributed by atoms with Gasteiger partial charge < -0.3 is 5.32 Å². The van der Waals surface area contributed by atoms with Crippen LogP contribution in [0.3, 0.4) is 0 Å². The summed E-state index contributed by atoms with van der Waals surface area (Å²) in [4.78, 5) is 13.5. The van der Waals surface area contributed by atoms with Crippen LogP contribution in [-0.2, 0) is 14.8 Å². The van der Waals surface area contributed by atoms with Crippen molar-refractivity contribution in [3.8, 4) is 0 Å². The van der Waals surface area contributed by atoms with Gasteiger partial charge in [0.2, 0.25) is 5.91 Å². The summed E-state index contributed by atoms with van der Waals surface area (Å²) in [5.74, 6) is -0.388. The first-order chi connectivity index (χ1) is 12.4. The van der Waals surface area contributed by atoms with Crippen molar-refractivity contribution in [2.24, 2.45) is 0 Å². The van der Waals surface area contributed by atoms with Crippen LogP contribution in [0.2, 0.25) is 0 Å². The van der Waals surface area contributed by atoms with E-state index >= 15 is 0 Å². The predicted octanol–water partition coefficient (Wildman–Crippen LogP) is 4.09. The van der Waals surface area contributed by atoms with E-state index in [0.717, 1.165) is 11.3 Å². The van der Waals surface area contributed by atoms with Crippen LogP contribution in [0.25, 0.3) is 0 Å². The van der Waals surface area contributed by atoms with Crippen LogP contribution in [0, 0.1) is 0 Å². The number of carbonyl (C=O) groups excluding carboxylic acids is 1. The fourth-order valence-electron chi connectivity index (χ4n) is 2.83. The Morgan fingerprint density at radius 3 is 2.50 bits per heavy atom. The lowest BCUT2D eigenvalue weighted by Gasteiger charge is -2.14. The van der Waals surface area contributed by atoms with Gasteiger partial charge in [-0.15, -0.1) is 23.1 Å². The molecule has 1 saturated carbocycles. The second-order valence-corrected chi connectivity index (χ2v) is 10.6. The number of carbonyl (C=O) groups is 1. The van der Waals surface area contributed by atoms with Gasteiger partial charge in [0, 0.05) is 15.8 Å². The van der Waals surface area contributed by atoms with Gasteiger partial charge in [-0.2, -0.15) is 4.72 Å². The second-order valence-electron chi connectivity index (χ2n) is 6.31. The zero-order valence-corrected chi connectivity index (χ0v) is 16.9. The summed E-state index contributed by atoms with van der Waals surface area (Å²) < 4.78 is 27.0. The zero-order chi connectivity index (χ0) is 18.6. The largest absolute Gasteiger partial charge is 0.325 e. The van der Waals surface area contributed by atoms with E-state index in [4.69, 9.17) is 0 Å². The van der Waals surface area contributed by atoms with E-state index in [0.29, 0.717) is 10.9 Å². The third-order valence-corrected chi connectivity index (χ3v) is 8.50. The molecule has 26 heavy (non-hydrogen) atoms. The smallest absolute Gasteiger partial charge is 0.250 e. The number of hydrogen-bond donors (Lipinski definition) is 2. The van der Waals surface area contributed by atoms with E-state index in [-0.39, 0.29) is 10.1 Å². The molecule has 1 aromatic carbocycles. The van der Waals surface area contributed by atoms with E-state index in [9.17, 15) is 13.2 Å². The highest BCUT2D eigenvalue weighted by atomic mass is 32.2. The van der Waals surface area contributed by atoms with Gasteiger partial charge in [-0.05, 0) is 55.5 Å². The van der Waals surface area contributed by atoms with Crippen LogP contribution in [0.4, 0.5) is 5.69 Å². The molecule has 0 saturated heterocycles.